The number of pyridine rings is 1. The molecule has 3 aromatic rings. The molecule has 0 fully saturated rings. The highest BCUT2D eigenvalue weighted by molar-refractivity contribution is 6.34. The summed E-state index contributed by atoms with van der Waals surface area (Å²) in [5, 5.41) is 14.8. The summed E-state index contributed by atoms with van der Waals surface area (Å²) in [6.45, 7) is 4.49. The molecular formula is C19H21ClN4O2. The second-order valence-corrected chi connectivity index (χ2v) is 6.34. The number of hydrogen-bond acceptors (Lipinski definition) is 5. The average molecular weight is 373 g/mol. The topological polar surface area (TPSA) is 72.5 Å². The zero-order valence-corrected chi connectivity index (χ0v) is 15.5. The second kappa shape index (κ2) is 8.19. The first-order chi connectivity index (χ1) is 12.7. The van der Waals surface area contributed by atoms with E-state index >= 15 is 0 Å². The van der Waals surface area contributed by atoms with Gasteiger partial charge in [0, 0.05) is 17.8 Å². The summed E-state index contributed by atoms with van der Waals surface area (Å²) in [7, 11) is 0. The smallest absolute Gasteiger partial charge is 0.296 e. The van der Waals surface area contributed by atoms with Crippen molar-refractivity contribution in [2.24, 2.45) is 5.16 Å². The van der Waals surface area contributed by atoms with Crippen LogP contribution in [0.3, 0.4) is 0 Å². The highest BCUT2D eigenvalue weighted by Gasteiger charge is 2.21. The van der Waals surface area contributed by atoms with Gasteiger partial charge in [-0.1, -0.05) is 60.9 Å². The minimum atomic E-state index is -0.0664. The zero-order chi connectivity index (χ0) is 18.5. The van der Waals surface area contributed by atoms with Crippen LogP contribution in [0, 0.1) is 0 Å². The van der Waals surface area contributed by atoms with Gasteiger partial charge >= 0.3 is 0 Å². The molecule has 0 radical (unpaired) electrons. The van der Waals surface area contributed by atoms with Crippen LogP contribution in [0.5, 0.6) is 6.01 Å². The highest BCUT2D eigenvalue weighted by atomic mass is 35.5. The number of halogens is 1. The fraction of sp³-hybridized carbons (Fsp3) is 0.316. The van der Waals surface area contributed by atoms with E-state index in [0.717, 1.165) is 18.4 Å². The number of benzene rings is 1. The molecule has 1 N–H and O–H groups in total. The first-order valence-electron chi connectivity index (χ1n) is 8.60. The summed E-state index contributed by atoms with van der Waals surface area (Å²) in [4.78, 5) is 13.8. The average Bonchev–Trinajstić information content (AvgIpc) is 2.99. The van der Waals surface area contributed by atoms with E-state index < -0.39 is 0 Å². The number of hydrogen-bond donors (Lipinski definition) is 1. The van der Waals surface area contributed by atoms with E-state index in [2.05, 4.69) is 29.0 Å². The van der Waals surface area contributed by atoms with Crippen molar-refractivity contribution >= 4 is 29.0 Å². The standard InChI is InChI=1S/C19H21ClN4O2/c1-3-14(4-2)24-17-15(16(20)11-21-18(17)23-19(24)25)10-22-26-12-13-8-6-5-7-9-13/h5-11,14H,3-4,12H2,1-2H3,(H,21,23,25)/b22-10+. The van der Waals surface area contributed by atoms with Crippen LogP contribution >= 0.6 is 11.6 Å². The Balaban J connectivity index is 1.94. The second-order valence-electron chi connectivity index (χ2n) is 5.94. The zero-order valence-electron chi connectivity index (χ0n) is 14.8. The van der Waals surface area contributed by atoms with E-state index in [9.17, 15) is 5.11 Å². The van der Waals surface area contributed by atoms with Gasteiger partial charge in [-0.25, -0.2) is 4.98 Å². The van der Waals surface area contributed by atoms with Gasteiger partial charge in [-0.05, 0) is 18.4 Å². The Labute approximate surface area is 157 Å². The van der Waals surface area contributed by atoms with Crippen LogP contribution in [-0.2, 0) is 11.4 Å². The van der Waals surface area contributed by atoms with Crippen molar-refractivity contribution in [1.82, 2.24) is 14.5 Å². The van der Waals surface area contributed by atoms with Crippen LogP contribution in [0.1, 0.15) is 43.9 Å². The Morgan fingerprint density at radius 3 is 2.69 bits per heavy atom. The highest BCUT2D eigenvalue weighted by Crippen LogP contribution is 2.32. The molecule has 0 bridgehead atoms. The van der Waals surface area contributed by atoms with Gasteiger partial charge in [-0.15, -0.1) is 0 Å². The van der Waals surface area contributed by atoms with E-state index in [4.69, 9.17) is 16.4 Å². The molecule has 6 nitrogen and oxygen atoms in total. The Kier molecular flexibility index (Phi) is 5.73. The molecule has 3 rings (SSSR count). The molecule has 0 aliphatic carbocycles. The van der Waals surface area contributed by atoms with Gasteiger partial charge < -0.3 is 9.94 Å². The first-order valence-corrected chi connectivity index (χ1v) is 8.98. The number of aromatic hydroxyl groups is 1. The lowest BCUT2D eigenvalue weighted by Crippen LogP contribution is -2.08. The molecule has 0 saturated heterocycles. The Hall–Kier alpha value is -2.60. The van der Waals surface area contributed by atoms with E-state index in [-0.39, 0.29) is 12.1 Å². The predicted molar refractivity (Wildman–Crippen MR) is 103 cm³/mol. The van der Waals surface area contributed by atoms with E-state index in [0.29, 0.717) is 28.4 Å². The number of nitrogens with zero attached hydrogens (tertiary/aromatic N) is 4. The van der Waals surface area contributed by atoms with Crippen molar-refractivity contribution in [3.05, 3.63) is 52.7 Å². The quantitative estimate of drug-likeness (QED) is 0.482. The maximum absolute atomic E-state index is 10.3. The van der Waals surface area contributed by atoms with Crippen LogP contribution < -0.4 is 0 Å². The minimum Gasteiger partial charge on any atom is -0.480 e. The van der Waals surface area contributed by atoms with Gasteiger partial charge in [0.15, 0.2) is 5.65 Å². The van der Waals surface area contributed by atoms with Crippen LogP contribution in [0.15, 0.2) is 41.7 Å². The SMILES string of the molecule is CCC(CC)n1c(O)nc2ncc(Cl)c(/C=N/OCc3ccccc3)c21. The lowest BCUT2D eigenvalue weighted by atomic mass is 10.1. The Morgan fingerprint density at radius 2 is 2.00 bits per heavy atom. The van der Waals surface area contributed by atoms with Crippen molar-refractivity contribution in [2.45, 2.75) is 39.3 Å². The molecule has 0 spiro atoms. The fourth-order valence-electron chi connectivity index (χ4n) is 2.95. The van der Waals surface area contributed by atoms with Gasteiger partial charge in [0.05, 0.1) is 11.2 Å². The van der Waals surface area contributed by atoms with E-state index in [1.54, 1.807) is 10.8 Å². The van der Waals surface area contributed by atoms with Crippen molar-refractivity contribution in [1.29, 1.82) is 0 Å². The molecule has 136 valence electrons. The van der Waals surface area contributed by atoms with E-state index in [1.165, 1.54) is 6.20 Å². The van der Waals surface area contributed by atoms with Crippen molar-refractivity contribution < 1.29 is 9.94 Å². The lowest BCUT2D eigenvalue weighted by molar-refractivity contribution is 0.132. The molecule has 0 aliphatic heterocycles. The summed E-state index contributed by atoms with van der Waals surface area (Å²) in [5.41, 5.74) is 2.75. The number of rotatable bonds is 7. The summed E-state index contributed by atoms with van der Waals surface area (Å²) in [6.07, 6.45) is 4.76. The van der Waals surface area contributed by atoms with Gasteiger partial charge in [0.2, 0.25) is 0 Å². The van der Waals surface area contributed by atoms with Crippen LogP contribution in [0.4, 0.5) is 0 Å². The maximum Gasteiger partial charge on any atom is 0.296 e. The van der Waals surface area contributed by atoms with Gasteiger partial charge in [-0.3, -0.25) is 4.57 Å². The molecule has 0 aliphatic rings. The molecule has 2 aromatic heterocycles. The molecule has 2 heterocycles. The third-order valence-corrected chi connectivity index (χ3v) is 4.63. The van der Waals surface area contributed by atoms with Crippen LogP contribution in [-0.4, -0.2) is 25.9 Å². The van der Waals surface area contributed by atoms with Gasteiger partial charge in [0.25, 0.3) is 6.01 Å². The number of imidazole rings is 1. The van der Waals surface area contributed by atoms with Gasteiger partial charge in [-0.2, -0.15) is 4.98 Å². The maximum atomic E-state index is 10.3. The van der Waals surface area contributed by atoms with Crippen molar-refractivity contribution in [2.75, 3.05) is 0 Å². The van der Waals surface area contributed by atoms with Crippen LogP contribution in [0.2, 0.25) is 5.02 Å². The predicted octanol–water partition coefficient (Wildman–Crippen LogP) is 4.70. The molecule has 0 unspecified atom stereocenters. The molecule has 26 heavy (non-hydrogen) atoms. The summed E-state index contributed by atoms with van der Waals surface area (Å²) in [6, 6.07) is 9.80. The lowest BCUT2D eigenvalue weighted by Gasteiger charge is -2.17. The fourth-order valence-corrected chi connectivity index (χ4v) is 3.14. The van der Waals surface area contributed by atoms with E-state index in [1.807, 2.05) is 30.3 Å². The monoisotopic (exact) mass is 372 g/mol. The normalized spacial score (nSPS) is 11.7. The molecule has 0 amide bonds. The number of fused-ring (bicyclic) bond motifs is 1. The first kappa shape index (κ1) is 18.2. The minimum absolute atomic E-state index is 0.0664. The Morgan fingerprint density at radius 1 is 1.27 bits per heavy atom. The van der Waals surface area contributed by atoms with Crippen molar-refractivity contribution in [3.63, 3.8) is 0 Å². The van der Waals surface area contributed by atoms with Crippen LogP contribution in [0.25, 0.3) is 11.2 Å². The largest absolute Gasteiger partial charge is 0.480 e. The number of aromatic nitrogens is 3. The molecule has 0 atom stereocenters. The third-order valence-electron chi connectivity index (χ3n) is 4.32. The molecular weight excluding hydrogens is 352 g/mol. The molecule has 7 heteroatoms. The third kappa shape index (κ3) is 3.65. The molecule has 0 saturated carbocycles. The van der Waals surface area contributed by atoms with Gasteiger partial charge in [0.1, 0.15) is 12.1 Å². The number of oxime groups is 1. The summed E-state index contributed by atoms with van der Waals surface area (Å²) < 4.78 is 1.77. The summed E-state index contributed by atoms with van der Waals surface area (Å²) >= 11 is 6.34. The molecule has 1 aromatic carbocycles. The van der Waals surface area contributed by atoms with Crippen molar-refractivity contribution in [3.8, 4) is 6.01 Å². The summed E-state index contributed by atoms with van der Waals surface area (Å²) in [5.74, 6) is 0. The Bertz CT molecular complexity index is 905.